The van der Waals surface area contributed by atoms with E-state index in [4.69, 9.17) is 11.6 Å². The van der Waals surface area contributed by atoms with Crippen molar-refractivity contribution in [3.05, 3.63) is 29.0 Å². The van der Waals surface area contributed by atoms with E-state index in [9.17, 15) is 18.2 Å². The summed E-state index contributed by atoms with van der Waals surface area (Å²) in [6, 6.07) is 3.80. The summed E-state index contributed by atoms with van der Waals surface area (Å²) in [5, 5.41) is 2.40. The molecule has 1 aromatic carbocycles. The largest absolute Gasteiger partial charge is 0.349 e. The molecule has 1 rings (SSSR count). The highest BCUT2D eigenvalue weighted by Crippen LogP contribution is 2.19. The third-order valence-electron chi connectivity index (χ3n) is 2.76. The minimum absolute atomic E-state index is 0.0394. The number of anilines is 1. The van der Waals surface area contributed by atoms with E-state index in [1.807, 2.05) is 0 Å². The molecule has 8 heteroatoms. The minimum Gasteiger partial charge on any atom is -0.349 e. The van der Waals surface area contributed by atoms with Crippen molar-refractivity contribution in [1.82, 2.24) is 4.90 Å². The summed E-state index contributed by atoms with van der Waals surface area (Å²) < 4.78 is 24.7. The average Bonchev–Trinajstić information content (AvgIpc) is 2.42. The first kappa shape index (κ1) is 18.6. The van der Waals surface area contributed by atoms with Crippen LogP contribution in [0.1, 0.15) is 12.8 Å². The molecule has 0 aliphatic carbocycles. The molecule has 0 aliphatic rings. The number of hydrogen-bond donors (Lipinski definition) is 1. The van der Waals surface area contributed by atoms with Gasteiger partial charge in [-0.05, 0) is 24.6 Å². The number of halogens is 2. The molecule has 0 saturated heterocycles. The highest BCUT2D eigenvalue weighted by atomic mass is 35.5. The number of benzene rings is 1. The molecule has 1 N–H and O–H groups in total. The Hall–Kier alpha value is -1.47. The number of nitrogens with one attached hydrogen (secondary N) is 1. The van der Waals surface area contributed by atoms with Crippen molar-refractivity contribution in [2.24, 2.45) is 0 Å². The SMILES string of the molecule is CN(C)C(=O)CCC[S@@](=O)CC(=O)Nc1ccc(F)c(Cl)c1. The van der Waals surface area contributed by atoms with E-state index >= 15 is 0 Å². The number of carbonyl (C=O) groups excluding carboxylic acids is 2. The molecule has 5 nitrogen and oxygen atoms in total. The van der Waals surface area contributed by atoms with Gasteiger partial charge in [0.2, 0.25) is 11.8 Å². The number of nitrogens with zero attached hydrogens (tertiary/aromatic N) is 1. The zero-order valence-corrected chi connectivity index (χ0v) is 14.0. The van der Waals surface area contributed by atoms with E-state index in [0.29, 0.717) is 18.5 Å². The summed E-state index contributed by atoms with van der Waals surface area (Å²) in [5.41, 5.74) is 0.344. The van der Waals surface area contributed by atoms with Crippen molar-refractivity contribution in [1.29, 1.82) is 0 Å². The fourth-order valence-corrected chi connectivity index (χ4v) is 2.75. The number of carbonyl (C=O) groups is 2. The van der Waals surface area contributed by atoms with Crippen molar-refractivity contribution in [3.63, 3.8) is 0 Å². The monoisotopic (exact) mass is 348 g/mol. The standard InChI is InChI=1S/C14H18ClFN2O3S/c1-18(2)14(20)4-3-7-22(21)9-13(19)17-10-5-6-12(16)11(15)8-10/h5-6,8H,3-4,7,9H2,1-2H3,(H,17,19)/t22-/m1/s1. The van der Waals surface area contributed by atoms with E-state index in [0.717, 1.165) is 6.07 Å². The number of amides is 2. The van der Waals surface area contributed by atoms with Crippen molar-refractivity contribution in [2.75, 3.05) is 30.9 Å². The molecule has 22 heavy (non-hydrogen) atoms. The van der Waals surface area contributed by atoms with E-state index < -0.39 is 22.5 Å². The second-order valence-electron chi connectivity index (χ2n) is 4.86. The van der Waals surface area contributed by atoms with Crippen LogP contribution in [0.3, 0.4) is 0 Å². The van der Waals surface area contributed by atoms with Crippen molar-refractivity contribution >= 4 is 39.9 Å². The Morgan fingerprint density at radius 3 is 2.64 bits per heavy atom. The Morgan fingerprint density at radius 2 is 2.05 bits per heavy atom. The molecule has 0 unspecified atom stereocenters. The summed E-state index contributed by atoms with van der Waals surface area (Å²) in [4.78, 5) is 24.5. The maximum Gasteiger partial charge on any atom is 0.236 e. The lowest BCUT2D eigenvalue weighted by Crippen LogP contribution is -2.23. The van der Waals surface area contributed by atoms with Gasteiger partial charge in [-0.15, -0.1) is 0 Å². The molecule has 0 radical (unpaired) electrons. The van der Waals surface area contributed by atoms with Gasteiger partial charge < -0.3 is 10.2 Å². The third kappa shape index (κ3) is 6.53. The normalized spacial score (nSPS) is 11.8. The molecule has 0 aliphatic heterocycles. The lowest BCUT2D eigenvalue weighted by Gasteiger charge is -2.09. The summed E-state index contributed by atoms with van der Waals surface area (Å²) in [6.07, 6.45) is 0.757. The second-order valence-corrected chi connectivity index (χ2v) is 6.84. The van der Waals surface area contributed by atoms with Gasteiger partial charge in [-0.1, -0.05) is 11.6 Å². The molecule has 0 aromatic heterocycles. The van der Waals surface area contributed by atoms with Crippen molar-refractivity contribution in [3.8, 4) is 0 Å². The van der Waals surface area contributed by atoms with E-state index in [2.05, 4.69) is 5.32 Å². The number of rotatable bonds is 7. The molecule has 0 fully saturated rings. The lowest BCUT2D eigenvalue weighted by atomic mass is 10.3. The van der Waals surface area contributed by atoms with Crippen LogP contribution in [0.2, 0.25) is 5.02 Å². The molecule has 0 spiro atoms. The minimum atomic E-state index is -1.35. The van der Waals surface area contributed by atoms with E-state index in [-0.39, 0.29) is 22.4 Å². The molecule has 0 heterocycles. The Kier molecular flexibility index (Phi) is 7.47. The summed E-state index contributed by atoms with van der Waals surface area (Å²) >= 11 is 5.60. The number of hydrogen-bond acceptors (Lipinski definition) is 3. The summed E-state index contributed by atoms with van der Waals surface area (Å²) in [6.45, 7) is 0. The van der Waals surface area contributed by atoms with Crippen LogP contribution in [0, 0.1) is 5.82 Å². The van der Waals surface area contributed by atoms with Crippen LogP contribution in [0.25, 0.3) is 0 Å². The highest BCUT2D eigenvalue weighted by Gasteiger charge is 2.11. The molecule has 1 aromatic rings. The Morgan fingerprint density at radius 1 is 1.36 bits per heavy atom. The highest BCUT2D eigenvalue weighted by molar-refractivity contribution is 7.85. The fraction of sp³-hybridized carbons (Fsp3) is 0.429. The van der Waals surface area contributed by atoms with Gasteiger partial charge in [0.1, 0.15) is 11.6 Å². The van der Waals surface area contributed by atoms with Crippen LogP contribution in [0.5, 0.6) is 0 Å². The van der Waals surface area contributed by atoms with Gasteiger partial charge >= 0.3 is 0 Å². The third-order valence-corrected chi connectivity index (χ3v) is 4.37. The molecular weight excluding hydrogens is 331 g/mol. The smallest absolute Gasteiger partial charge is 0.236 e. The van der Waals surface area contributed by atoms with E-state index in [1.165, 1.54) is 17.0 Å². The van der Waals surface area contributed by atoms with Gasteiger partial charge in [-0.3, -0.25) is 13.8 Å². The van der Waals surface area contributed by atoms with E-state index in [1.54, 1.807) is 14.1 Å². The first-order valence-electron chi connectivity index (χ1n) is 6.59. The molecule has 122 valence electrons. The molecular formula is C14H18ClFN2O3S. The van der Waals surface area contributed by atoms with Crippen molar-refractivity contribution in [2.45, 2.75) is 12.8 Å². The topological polar surface area (TPSA) is 66.5 Å². The maximum atomic E-state index is 13.0. The Bertz CT molecular complexity index is 581. The first-order chi connectivity index (χ1) is 10.3. The fourth-order valence-electron chi connectivity index (χ4n) is 1.60. The van der Waals surface area contributed by atoms with Gasteiger partial charge in [0, 0.05) is 42.8 Å². The van der Waals surface area contributed by atoms with Gasteiger partial charge in [0.25, 0.3) is 0 Å². The molecule has 0 bridgehead atoms. The van der Waals surface area contributed by atoms with Crippen LogP contribution >= 0.6 is 11.6 Å². The van der Waals surface area contributed by atoms with Crippen LogP contribution in [0.15, 0.2) is 18.2 Å². The van der Waals surface area contributed by atoms with Gasteiger partial charge in [-0.2, -0.15) is 0 Å². The van der Waals surface area contributed by atoms with Gasteiger partial charge in [-0.25, -0.2) is 4.39 Å². The van der Waals surface area contributed by atoms with Gasteiger partial charge in [0.15, 0.2) is 0 Å². The molecule has 2 amide bonds. The Labute approximate surface area is 136 Å². The molecule has 0 saturated carbocycles. The van der Waals surface area contributed by atoms with Gasteiger partial charge in [0.05, 0.1) is 5.02 Å². The Balaban J connectivity index is 2.36. The van der Waals surface area contributed by atoms with Crippen LogP contribution in [-0.2, 0) is 20.4 Å². The zero-order valence-electron chi connectivity index (χ0n) is 12.4. The second kappa shape index (κ2) is 8.85. The maximum absolute atomic E-state index is 13.0. The quantitative estimate of drug-likeness (QED) is 0.820. The average molecular weight is 349 g/mol. The first-order valence-corrected chi connectivity index (χ1v) is 8.46. The molecule has 1 atom stereocenters. The van der Waals surface area contributed by atoms with Crippen LogP contribution in [-0.4, -0.2) is 46.5 Å². The van der Waals surface area contributed by atoms with Crippen LogP contribution in [0.4, 0.5) is 10.1 Å². The summed E-state index contributed by atoms with van der Waals surface area (Å²) in [5.74, 6) is -0.960. The van der Waals surface area contributed by atoms with Crippen LogP contribution < -0.4 is 5.32 Å². The zero-order chi connectivity index (χ0) is 16.7. The predicted octanol–water partition coefficient (Wildman–Crippen LogP) is 2.03. The van der Waals surface area contributed by atoms with Crippen molar-refractivity contribution < 1.29 is 18.2 Å². The predicted molar refractivity (Wildman–Crippen MR) is 85.8 cm³/mol. The lowest BCUT2D eigenvalue weighted by molar-refractivity contribution is -0.128. The summed E-state index contributed by atoms with van der Waals surface area (Å²) in [7, 11) is 1.95.